The molecule has 1 atom stereocenters. The SMILES string of the molecule is C=COC(=O)CC(O[Si](CC)(CC)CC)C(=O)OC=C. The van der Waals surface area contributed by atoms with E-state index in [4.69, 9.17) is 9.16 Å². The fraction of sp³-hybridized carbons (Fsp3) is 0.571. The van der Waals surface area contributed by atoms with Crippen molar-refractivity contribution in [2.24, 2.45) is 0 Å². The van der Waals surface area contributed by atoms with Crippen LogP contribution in [0.3, 0.4) is 0 Å². The maximum Gasteiger partial charge on any atom is 0.339 e. The van der Waals surface area contributed by atoms with E-state index in [-0.39, 0.29) is 6.42 Å². The summed E-state index contributed by atoms with van der Waals surface area (Å²) >= 11 is 0. The predicted molar refractivity (Wildman–Crippen MR) is 79.3 cm³/mol. The summed E-state index contributed by atoms with van der Waals surface area (Å²) in [6.07, 6.45) is 0.924. The molecule has 114 valence electrons. The van der Waals surface area contributed by atoms with Crippen molar-refractivity contribution >= 4 is 20.3 Å². The van der Waals surface area contributed by atoms with Gasteiger partial charge in [0.15, 0.2) is 14.4 Å². The number of hydrogen-bond donors (Lipinski definition) is 0. The molecule has 0 aliphatic rings. The molecule has 0 aromatic heterocycles. The Bertz CT molecular complexity index is 341. The number of carbonyl (C=O) groups is 2. The van der Waals surface area contributed by atoms with Gasteiger partial charge in [0, 0.05) is 0 Å². The van der Waals surface area contributed by atoms with E-state index < -0.39 is 26.4 Å². The summed E-state index contributed by atoms with van der Waals surface area (Å²) in [4.78, 5) is 23.4. The predicted octanol–water partition coefficient (Wildman–Crippen LogP) is 3.14. The van der Waals surface area contributed by atoms with Crippen molar-refractivity contribution in [3.63, 3.8) is 0 Å². The fourth-order valence-corrected chi connectivity index (χ4v) is 4.71. The van der Waals surface area contributed by atoms with E-state index in [2.05, 4.69) is 17.9 Å². The Morgan fingerprint density at radius 1 is 1.05 bits per heavy atom. The Hall–Kier alpha value is -1.40. The van der Waals surface area contributed by atoms with Crippen molar-refractivity contribution in [2.75, 3.05) is 0 Å². The third-order valence-corrected chi connectivity index (χ3v) is 8.01. The van der Waals surface area contributed by atoms with Gasteiger partial charge in [-0.05, 0) is 18.1 Å². The number of hydrogen-bond acceptors (Lipinski definition) is 5. The molecular formula is C14H24O5Si. The van der Waals surface area contributed by atoms with Gasteiger partial charge < -0.3 is 13.9 Å². The van der Waals surface area contributed by atoms with Crippen molar-refractivity contribution in [3.05, 3.63) is 25.7 Å². The molecule has 6 heteroatoms. The summed E-state index contributed by atoms with van der Waals surface area (Å²) in [5.74, 6) is -1.19. The first-order valence-electron chi connectivity index (χ1n) is 6.78. The van der Waals surface area contributed by atoms with Crippen molar-refractivity contribution in [2.45, 2.75) is 51.4 Å². The third kappa shape index (κ3) is 5.71. The van der Waals surface area contributed by atoms with Gasteiger partial charge in [-0.25, -0.2) is 4.79 Å². The maximum atomic E-state index is 11.9. The molecule has 0 aliphatic heterocycles. The molecule has 0 bridgehead atoms. The summed E-state index contributed by atoms with van der Waals surface area (Å²) in [5, 5.41) is 0. The molecule has 0 saturated heterocycles. The zero-order valence-electron chi connectivity index (χ0n) is 12.5. The van der Waals surface area contributed by atoms with Gasteiger partial charge in [0.05, 0.1) is 18.9 Å². The van der Waals surface area contributed by atoms with Crippen molar-refractivity contribution in [3.8, 4) is 0 Å². The molecule has 0 saturated carbocycles. The minimum absolute atomic E-state index is 0.187. The van der Waals surface area contributed by atoms with Crippen molar-refractivity contribution < 1.29 is 23.5 Å². The number of esters is 2. The van der Waals surface area contributed by atoms with Crippen LogP contribution in [0.4, 0.5) is 0 Å². The molecule has 0 aromatic rings. The quantitative estimate of drug-likeness (QED) is 0.352. The van der Waals surface area contributed by atoms with Gasteiger partial charge in [-0.1, -0.05) is 33.9 Å². The van der Waals surface area contributed by atoms with Crippen LogP contribution in [0.5, 0.6) is 0 Å². The van der Waals surface area contributed by atoms with Gasteiger partial charge in [0.2, 0.25) is 0 Å². The molecular weight excluding hydrogens is 276 g/mol. The Morgan fingerprint density at radius 2 is 1.55 bits per heavy atom. The summed E-state index contributed by atoms with van der Waals surface area (Å²) in [6, 6.07) is 2.61. The molecule has 1 unspecified atom stereocenters. The second-order valence-corrected chi connectivity index (χ2v) is 9.04. The second kappa shape index (κ2) is 9.49. The molecule has 0 N–H and O–H groups in total. The van der Waals surface area contributed by atoms with E-state index in [1.54, 1.807) is 0 Å². The van der Waals surface area contributed by atoms with Crippen LogP contribution in [0.1, 0.15) is 27.2 Å². The molecule has 0 rings (SSSR count). The lowest BCUT2D eigenvalue weighted by atomic mass is 10.2. The Balaban J connectivity index is 5.00. The van der Waals surface area contributed by atoms with Crippen LogP contribution in [0.2, 0.25) is 18.1 Å². The Labute approximate surface area is 121 Å². The highest BCUT2D eigenvalue weighted by atomic mass is 28.4. The highest BCUT2D eigenvalue weighted by Crippen LogP contribution is 2.25. The molecule has 0 aliphatic carbocycles. The van der Waals surface area contributed by atoms with Gasteiger partial charge >= 0.3 is 11.9 Å². The van der Waals surface area contributed by atoms with E-state index in [1.165, 1.54) is 0 Å². The lowest BCUT2D eigenvalue weighted by Gasteiger charge is -2.31. The summed E-state index contributed by atoms with van der Waals surface area (Å²) < 4.78 is 15.4. The van der Waals surface area contributed by atoms with E-state index in [9.17, 15) is 9.59 Å². The molecule has 0 fully saturated rings. The first-order valence-corrected chi connectivity index (χ1v) is 9.31. The largest absolute Gasteiger partial charge is 0.435 e. The standard InChI is InChI=1S/C14H24O5Si/c1-6-17-13(15)11-12(14(16)18-7-2)19-20(8-3,9-4)10-5/h6-7,12H,1-2,8-11H2,3-5H3. The van der Waals surface area contributed by atoms with Crippen LogP contribution in [0.25, 0.3) is 0 Å². The van der Waals surface area contributed by atoms with E-state index in [0.717, 1.165) is 30.7 Å². The molecule has 0 amide bonds. The third-order valence-electron chi connectivity index (χ3n) is 3.35. The van der Waals surface area contributed by atoms with E-state index >= 15 is 0 Å². The van der Waals surface area contributed by atoms with Gasteiger partial charge in [0.1, 0.15) is 0 Å². The van der Waals surface area contributed by atoms with Crippen LogP contribution >= 0.6 is 0 Å². The topological polar surface area (TPSA) is 61.8 Å². The van der Waals surface area contributed by atoms with Crippen LogP contribution in [-0.2, 0) is 23.5 Å². The highest BCUT2D eigenvalue weighted by molar-refractivity contribution is 6.73. The van der Waals surface area contributed by atoms with Crippen LogP contribution in [0, 0.1) is 0 Å². The van der Waals surface area contributed by atoms with Gasteiger partial charge in [0.25, 0.3) is 0 Å². The zero-order valence-corrected chi connectivity index (χ0v) is 13.5. The van der Waals surface area contributed by atoms with Gasteiger partial charge in [-0.15, -0.1) is 0 Å². The normalized spacial score (nSPS) is 12.3. The average molecular weight is 300 g/mol. The summed E-state index contributed by atoms with van der Waals surface area (Å²) in [6.45, 7) is 12.8. The van der Waals surface area contributed by atoms with Crippen LogP contribution < -0.4 is 0 Å². The summed E-state index contributed by atoms with van der Waals surface area (Å²) in [5.41, 5.74) is 0. The smallest absolute Gasteiger partial charge is 0.339 e. The van der Waals surface area contributed by atoms with Crippen LogP contribution in [-0.4, -0.2) is 26.4 Å². The first kappa shape index (κ1) is 18.6. The molecule has 0 aromatic carbocycles. The summed E-state index contributed by atoms with van der Waals surface area (Å²) in [7, 11) is -2.03. The monoisotopic (exact) mass is 300 g/mol. The number of carbonyl (C=O) groups excluding carboxylic acids is 2. The van der Waals surface area contributed by atoms with Crippen LogP contribution in [0.15, 0.2) is 25.7 Å². The maximum absolute atomic E-state index is 11.9. The van der Waals surface area contributed by atoms with Gasteiger partial charge in [-0.3, -0.25) is 4.79 Å². The lowest BCUT2D eigenvalue weighted by molar-refractivity contribution is -0.153. The molecule has 5 nitrogen and oxygen atoms in total. The molecule has 0 heterocycles. The van der Waals surface area contributed by atoms with Crippen molar-refractivity contribution in [1.29, 1.82) is 0 Å². The van der Waals surface area contributed by atoms with E-state index in [1.807, 2.05) is 20.8 Å². The number of rotatable bonds is 10. The molecule has 0 spiro atoms. The second-order valence-electron chi connectivity index (χ2n) is 4.31. The Kier molecular flexibility index (Phi) is 8.83. The molecule has 20 heavy (non-hydrogen) atoms. The van der Waals surface area contributed by atoms with Crippen molar-refractivity contribution in [1.82, 2.24) is 0 Å². The molecule has 0 radical (unpaired) electrons. The fourth-order valence-electron chi connectivity index (χ4n) is 1.93. The highest BCUT2D eigenvalue weighted by Gasteiger charge is 2.36. The average Bonchev–Trinajstić information content (AvgIpc) is 2.44. The minimum Gasteiger partial charge on any atom is -0.435 e. The minimum atomic E-state index is -2.03. The lowest BCUT2D eigenvalue weighted by Crippen LogP contribution is -2.44. The Morgan fingerprint density at radius 3 is 1.95 bits per heavy atom. The first-order chi connectivity index (χ1) is 9.48. The number of ether oxygens (including phenoxy) is 2. The van der Waals surface area contributed by atoms with Gasteiger partial charge in [-0.2, -0.15) is 0 Å². The zero-order chi connectivity index (χ0) is 15.6. The van der Waals surface area contributed by atoms with E-state index in [0.29, 0.717) is 0 Å².